The van der Waals surface area contributed by atoms with Gasteiger partial charge in [-0.3, -0.25) is 10.1 Å². The van der Waals surface area contributed by atoms with E-state index in [4.69, 9.17) is 16.7 Å². The second kappa shape index (κ2) is 5.12. The van der Waals surface area contributed by atoms with Crippen LogP contribution in [-0.2, 0) is 0 Å². The summed E-state index contributed by atoms with van der Waals surface area (Å²) >= 11 is 5.75. The number of hydrogen-bond donors (Lipinski definition) is 2. The lowest BCUT2D eigenvalue weighted by molar-refractivity contribution is -0.383. The summed E-state index contributed by atoms with van der Waals surface area (Å²) in [6, 6.07) is 4.59. The maximum absolute atomic E-state index is 10.9. The molecule has 6 heteroatoms. The zero-order chi connectivity index (χ0) is 13.2. The first-order valence-corrected chi connectivity index (χ1v) is 6.23. The molecule has 5 nitrogen and oxygen atoms in total. The summed E-state index contributed by atoms with van der Waals surface area (Å²) in [6.45, 7) is 0.806. The molecule has 0 aliphatic heterocycles. The quantitative estimate of drug-likeness (QED) is 0.616. The predicted octanol–water partition coefficient (Wildman–Crippen LogP) is 2.82. The molecule has 0 unspecified atom stereocenters. The van der Waals surface area contributed by atoms with Crippen LogP contribution in [0.5, 0.6) is 0 Å². The number of rotatable bonds is 6. The highest BCUT2D eigenvalue weighted by Crippen LogP contribution is 2.48. The van der Waals surface area contributed by atoms with Crippen molar-refractivity contribution in [2.75, 3.05) is 18.5 Å². The number of anilines is 1. The Balaban J connectivity index is 2.07. The molecule has 0 saturated heterocycles. The Morgan fingerprint density at radius 3 is 2.78 bits per heavy atom. The van der Waals surface area contributed by atoms with Crippen LogP contribution in [0.2, 0.25) is 5.02 Å². The van der Waals surface area contributed by atoms with E-state index in [1.165, 1.54) is 6.07 Å². The van der Waals surface area contributed by atoms with Crippen LogP contribution in [0.4, 0.5) is 11.4 Å². The number of benzene rings is 1. The number of aliphatic hydroxyl groups is 1. The zero-order valence-electron chi connectivity index (χ0n) is 9.86. The van der Waals surface area contributed by atoms with Gasteiger partial charge in [-0.05, 0) is 36.8 Å². The minimum atomic E-state index is -0.445. The molecule has 0 aromatic heterocycles. The van der Waals surface area contributed by atoms with Gasteiger partial charge in [-0.15, -0.1) is 0 Å². The number of aliphatic hydroxyl groups excluding tert-OH is 1. The predicted molar refractivity (Wildman–Crippen MR) is 70.0 cm³/mol. The van der Waals surface area contributed by atoms with Gasteiger partial charge in [0, 0.05) is 24.2 Å². The average Bonchev–Trinajstić information content (AvgIpc) is 3.08. The molecular formula is C12H15ClN2O3. The van der Waals surface area contributed by atoms with Crippen LogP contribution < -0.4 is 5.32 Å². The molecule has 0 radical (unpaired) electrons. The highest BCUT2D eigenvalue weighted by atomic mass is 35.5. The Hall–Kier alpha value is -1.33. The van der Waals surface area contributed by atoms with Crippen LogP contribution >= 0.6 is 11.6 Å². The molecule has 1 saturated carbocycles. The van der Waals surface area contributed by atoms with E-state index in [0.717, 1.165) is 19.3 Å². The van der Waals surface area contributed by atoms with Crippen molar-refractivity contribution in [2.45, 2.75) is 19.3 Å². The van der Waals surface area contributed by atoms with Crippen molar-refractivity contribution >= 4 is 23.0 Å². The molecule has 1 aromatic rings. The molecule has 1 aromatic carbocycles. The molecule has 1 fully saturated rings. The monoisotopic (exact) mass is 270 g/mol. The third-order valence-electron chi connectivity index (χ3n) is 3.41. The summed E-state index contributed by atoms with van der Waals surface area (Å²) in [4.78, 5) is 10.5. The summed E-state index contributed by atoms with van der Waals surface area (Å²) in [7, 11) is 0. The molecular weight excluding hydrogens is 256 g/mol. The summed E-state index contributed by atoms with van der Waals surface area (Å²) in [5.41, 5.74) is 0.582. The number of nitrogens with one attached hydrogen (secondary N) is 1. The number of nitrogens with zero attached hydrogens (tertiary/aromatic N) is 1. The normalized spacial score (nSPS) is 16.3. The Morgan fingerprint density at radius 2 is 2.22 bits per heavy atom. The summed E-state index contributed by atoms with van der Waals surface area (Å²) in [5, 5.41) is 23.3. The Kier molecular flexibility index (Phi) is 3.73. The van der Waals surface area contributed by atoms with E-state index in [0.29, 0.717) is 17.3 Å². The van der Waals surface area contributed by atoms with E-state index in [1.807, 2.05) is 0 Å². The minimum Gasteiger partial charge on any atom is -0.396 e. The highest BCUT2D eigenvalue weighted by Gasteiger charge is 2.41. The molecule has 98 valence electrons. The average molecular weight is 271 g/mol. The van der Waals surface area contributed by atoms with Gasteiger partial charge < -0.3 is 10.4 Å². The zero-order valence-corrected chi connectivity index (χ0v) is 10.6. The lowest BCUT2D eigenvalue weighted by Gasteiger charge is -2.15. The molecule has 2 N–H and O–H groups in total. The molecule has 0 atom stereocenters. The number of hydrogen-bond acceptors (Lipinski definition) is 4. The van der Waals surface area contributed by atoms with Gasteiger partial charge in [-0.2, -0.15) is 0 Å². The minimum absolute atomic E-state index is 0.0118. The van der Waals surface area contributed by atoms with Crippen molar-refractivity contribution in [3.8, 4) is 0 Å². The van der Waals surface area contributed by atoms with E-state index < -0.39 is 4.92 Å². The van der Waals surface area contributed by atoms with Crippen molar-refractivity contribution in [3.63, 3.8) is 0 Å². The first kappa shape index (κ1) is 13.1. The lowest BCUT2D eigenvalue weighted by atomic mass is 10.0. The first-order chi connectivity index (χ1) is 8.56. The first-order valence-electron chi connectivity index (χ1n) is 5.85. The van der Waals surface area contributed by atoms with Crippen molar-refractivity contribution < 1.29 is 10.0 Å². The third kappa shape index (κ3) is 2.91. The van der Waals surface area contributed by atoms with Crippen molar-refractivity contribution in [3.05, 3.63) is 33.3 Å². The van der Waals surface area contributed by atoms with Crippen molar-refractivity contribution in [2.24, 2.45) is 5.41 Å². The van der Waals surface area contributed by atoms with Crippen LogP contribution in [0.25, 0.3) is 0 Å². The number of nitro benzene ring substituents is 1. The van der Waals surface area contributed by atoms with Gasteiger partial charge in [0.15, 0.2) is 0 Å². The van der Waals surface area contributed by atoms with E-state index in [2.05, 4.69) is 5.32 Å². The topological polar surface area (TPSA) is 75.4 Å². The van der Waals surface area contributed by atoms with Gasteiger partial charge in [-0.1, -0.05) is 11.6 Å². The van der Waals surface area contributed by atoms with Crippen LogP contribution in [-0.4, -0.2) is 23.2 Å². The molecule has 1 aliphatic rings. The van der Waals surface area contributed by atoms with E-state index >= 15 is 0 Å². The fraction of sp³-hybridized carbons (Fsp3) is 0.500. The fourth-order valence-electron chi connectivity index (χ4n) is 2.02. The van der Waals surface area contributed by atoms with Gasteiger partial charge in [0.2, 0.25) is 0 Å². The maximum Gasteiger partial charge on any atom is 0.293 e. The number of nitro groups is 1. The fourth-order valence-corrected chi connectivity index (χ4v) is 2.18. The van der Waals surface area contributed by atoms with E-state index in [-0.39, 0.29) is 17.7 Å². The largest absolute Gasteiger partial charge is 0.396 e. The van der Waals surface area contributed by atoms with Crippen molar-refractivity contribution in [1.82, 2.24) is 0 Å². The van der Waals surface area contributed by atoms with Crippen LogP contribution in [0.15, 0.2) is 18.2 Å². The van der Waals surface area contributed by atoms with Crippen LogP contribution in [0.1, 0.15) is 19.3 Å². The Bertz CT molecular complexity index is 461. The van der Waals surface area contributed by atoms with Gasteiger partial charge in [-0.25, -0.2) is 0 Å². The van der Waals surface area contributed by atoms with Gasteiger partial charge in [0.25, 0.3) is 5.69 Å². The van der Waals surface area contributed by atoms with Gasteiger partial charge in [0.05, 0.1) is 4.92 Å². The van der Waals surface area contributed by atoms with Gasteiger partial charge >= 0.3 is 0 Å². The lowest BCUT2D eigenvalue weighted by Crippen LogP contribution is -2.17. The molecule has 18 heavy (non-hydrogen) atoms. The summed E-state index contributed by atoms with van der Waals surface area (Å²) in [5.74, 6) is 0. The van der Waals surface area contributed by atoms with E-state index in [9.17, 15) is 10.1 Å². The molecule has 0 spiro atoms. The molecule has 1 aliphatic carbocycles. The van der Waals surface area contributed by atoms with Gasteiger partial charge in [0.1, 0.15) is 5.69 Å². The third-order valence-corrected chi connectivity index (χ3v) is 3.64. The SMILES string of the molecule is O=[N+]([O-])c1cc(Cl)ccc1NCC1(CCO)CC1. The van der Waals surface area contributed by atoms with E-state index in [1.54, 1.807) is 12.1 Å². The Morgan fingerprint density at radius 1 is 1.50 bits per heavy atom. The molecule has 0 heterocycles. The second-order valence-electron chi connectivity index (χ2n) is 4.75. The summed E-state index contributed by atoms with van der Waals surface area (Å²) in [6.07, 6.45) is 2.85. The summed E-state index contributed by atoms with van der Waals surface area (Å²) < 4.78 is 0. The molecule has 2 rings (SSSR count). The molecule has 0 bridgehead atoms. The smallest absolute Gasteiger partial charge is 0.293 e. The highest BCUT2D eigenvalue weighted by molar-refractivity contribution is 6.30. The second-order valence-corrected chi connectivity index (χ2v) is 5.18. The molecule has 0 amide bonds. The number of halogens is 1. The Labute approximate surface area is 110 Å². The van der Waals surface area contributed by atoms with Crippen LogP contribution in [0.3, 0.4) is 0 Å². The maximum atomic E-state index is 10.9. The van der Waals surface area contributed by atoms with Crippen LogP contribution in [0, 0.1) is 15.5 Å². The van der Waals surface area contributed by atoms with Crippen molar-refractivity contribution in [1.29, 1.82) is 0 Å². The standard InChI is InChI=1S/C12H15ClN2O3/c13-9-1-2-10(11(7-9)15(17)18)14-8-12(3-4-12)5-6-16/h1-2,7,14,16H,3-6,8H2.